The van der Waals surface area contributed by atoms with Gasteiger partial charge in [0.2, 0.25) is 0 Å². The maximum atomic E-state index is 13.2. The quantitative estimate of drug-likeness (QED) is 0.894. The van der Waals surface area contributed by atoms with Crippen LogP contribution >= 0.6 is 11.6 Å². The van der Waals surface area contributed by atoms with Crippen molar-refractivity contribution in [3.8, 4) is 0 Å². The van der Waals surface area contributed by atoms with Crippen LogP contribution in [0.15, 0.2) is 24.5 Å². The van der Waals surface area contributed by atoms with Gasteiger partial charge >= 0.3 is 0 Å². The summed E-state index contributed by atoms with van der Waals surface area (Å²) in [6, 6.07) is 4.23. The lowest BCUT2D eigenvalue weighted by molar-refractivity contribution is 0.628. The van der Waals surface area contributed by atoms with Gasteiger partial charge in [-0.3, -0.25) is 0 Å². The van der Waals surface area contributed by atoms with E-state index in [0.717, 1.165) is 11.4 Å². The zero-order chi connectivity index (χ0) is 13.1. The van der Waals surface area contributed by atoms with E-state index in [1.165, 1.54) is 18.5 Å². The van der Waals surface area contributed by atoms with Crippen LogP contribution in [0.2, 0.25) is 5.02 Å². The molecule has 4 nitrogen and oxygen atoms in total. The number of hydrogen-bond donors (Lipinski definition) is 2. The van der Waals surface area contributed by atoms with Gasteiger partial charge in [0.1, 0.15) is 23.8 Å². The number of nitrogens with one attached hydrogen (secondary N) is 2. The van der Waals surface area contributed by atoms with Crippen molar-refractivity contribution in [3.63, 3.8) is 0 Å². The number of aromatic nitrogens is 2. The van der Waals surface area contributed by atoms with Gasteiger partial charge in [-0.25, -0.2) is 14.4 Å². The monoisotopic (exact) mass is 266 g/mol. The van der Waals surface area contributed by atoms with Crippen molar-refractivity contribution in [1.82, 2.24) is 9.97 Å². The van der Waals surface area contributed by atoms with Crippen molar-refractivity contribution >= 4 is 28.9 Å². The van der Waals surface area contributed by atoms with E-state index in [1.807, 2.05) is 6.92 Å². The highest BCUT2D eigenvalue weighted by Gasteiger charge is 2.07. The Labute approximate surface area is 109 Å². The van der Waals surface area contributed by atoms with Crippen LogP contribution < -0.4 is 10.6 Å². The first-order valence-electron chi connectivity index (χ1n) is 5.32. The maximum Gasteiger partial charge on any atom is 0.138 e. The van der Waals surface area contributed by atoms with Crippen molar-refractivity contribution in [3.05, 3.63) is 40.9 Å². The number of hydrogen-bond acceptors (Lipinski definition) is 4. The second kappa shape index (κ2) is 5.18. The average molecular weight is 267 g/mol. The zero-order valence-corrected chi connectivity index (χ0v) is 10.7. The molecule has 2 aromatic rings. The van der Waals surface area contributed by atoms with Gasteiger partial charge in [-0.15, -0.1) is 0 Å². The molecule has 0 saturated carbocycles. The molecule has 1 heterocycles. The zero-order valence-electron chi connectivity index (χ0n) is 9.96. The highest BCUT2D eigenvalue weighted by atomic mass is 35.5. The highest BCUT2D eigenvalue weighted by Crippen LogP contribution is 2.24. The molecule has 0 saturated heterocycles. The summed E-state index contributed by atoms with van der Waals surface area (Å²) in [5.74, 6) is 0.927. The number of anilines is 3. The summed E-state index contributed by atoms with van der Waals surface area (Å²) in [5.41, 5.74) is 1.39. The van der Waals surface area contributed by atoms with E-state index in [1.54, 1.807) is 13.1 Å². The summed E-state index contributed by atoms with van der Waals surface area (Å²) in [7, 11) is 1.78. The third-order valence-electron chi connectivity index (χ3n) is 2.45. The van der Waals surface area contributed by atoms with Gasteiger partial charge in [-0.1, -0.05) is 11.6 Å². The number of nitrogens with zero attached hydrogens (tertiary/aromatic N) is 2. The first kappa shape index (κ1) is 12.6. The number of halogens is 2. The molecule has 0 unspecified atom stereocenters. The van der Waals surface area contributed by atoms with Crippen molar-refractivity contribution in [2.24, 2.45) is 0 Å². The number of benzene rings is 1. The van der Waals surface area contributed by atoms with Crippen LogP contribution in [0.25, 0.3) is 0 Å². The number of rotatable bonds is 3. The fourth-order valence-electron chi connectivity index (χ4n) is 1.59. The Balaban J connectivity index is 2.34. The van der Waals surface area contributed by atoms with Crippen molar-refractivity contribution < 1.29 is 4.39 Å². The Kier molecular flexibility index (Phi) is 3.62. The summed E-state index contributed by atoms with van der Waals surface area (Å²) in [5, 5.41) is 6.30. The Hall–Kier alpha value is -1.88. The Morgan fingerprint density at radius 2 is 1.89 bits per heavy atom. The molecule has 6 heteroatoms. The van der Waals surface area contributed by atoms with Gasteiger partial charge in [0.15, 0.2) is 0 Å². The summed E-state index contributed by atoms with van der Waals surface area (Å²) >= 11 is 5.79. The standard InChI is InChI=1S/C12H12ClFN4/c1-7-11(15-2)16-6-17-12(7)18-10-4-8(13)3-9(14)5-10/h3-6H,1-2H3,(H2,15,16,17,18). The molecule has 0 bridgehead atoms. The summed E-state index contributed by atoms with van der Waals surface area (Å²) in [6.07, 6.45) is 1.43. The minimum atomic E-state index is -0.398. The average Bonchev–Trinajstić information content (AvgIpc) is 2.30. The topological polar surface area (TPSA) is 49.8 Å². The molecule has 1 aromatic heterocycles. The Morgan fingerprint density at radius 3 is 2.56 bits per heavy atom. The summed E-state index contributed by atoms with van der Waals surface area (Å²) in [6.45, 7) is 1.87. The third kappa shape index (κ3) is 2.68. The lowest BCUT2D eigenvalue weighted by Crippen LogP contribution is -2.02. The predicted molar refractivity (Wildman–Crippen MR) is 71.0 cm³/mol. The molecule has 2 rings (SSSR count). The SMILES string of the molecule is CNc1ncnc(Nc2cc(F)cc(Cl)c2)c1C. The smallest absolute Gasteiger partial charge is 0.138 e. The van der Waals surface area contributed by atoms with Crippen LogP contribution in [-0.4, -0.2) is 17.0 Å². The van der Waals surface area contributed by atoms with E-state index < -0.39 is 5.82 Å². The molecule has 2 N–H and O–H groups in total. The van der Waals surface area contributed by atoms with E-state index in [4.69, 9.17) is 11.6 Å². The van der Waals surface area contributed by atoms with E-state index in [0.29, 0.717) is 16.5 Å². The van der Waals surface area contributed by atoms with Crippen LogP contribution in [0, 0.1) is 12.7 Å². The molecule has 0 aliphatic heterocycles. The van der Waals surface area contributed by atoms with E-state index in [9.17, 15) is 4.39 Å². The van der Waals surface area contributed by atoms with Gasteiger partial charge in [0.25, 0.3) is 0 Å². The minimum Gasteiger partial charge on any atom is -0.373 e. The van der Waals surface area contributed by atoms with Crippen LogP contribution in [-0.2, 0) is 0 Å². The lowest BCUT2D eigenvalue weighted by atomic mass is 10.2. The second-order valence-electron chi connectivity index (χ2n) is 3.73. The molecule has 1 aromatic carbocycles. The first-order chi connectivity index (χ1) is 8.60. The van der Waals surface area contributed by atoms with Gasteiger partial charge in [0, 0.05) is 23.3 Å². The van der Waals surface area contributed by atoms with Gasteiger partial charge in [-0.05, 0) is 25.1 Å². The second-order valence-corrected chi connectivity index (χ2v) is 4.17. The fourth-order valence-corrected chi connectivity index (χ4v) is 1.81. The molecule has 0 aliphatic carbocycles. The normalized spacial score (nSPS) is 10.2. The predicted octanol–water partition coefficient (Wildman–Crippen LogP) is 3.36. The largest absolute Gasteiger partial charge is 0.373 e. The van der Waals surface area contributed by atoms with Crippen LogP contribution in [0.4, 0.5) is 21.7 Å². The van der Waals surface area contributed by atoms with Gasteiger partial charge in [-0.2, -0.15) is 0 Å². The minimum absolute atomic E-state index is 0.332. The molecule has 0 radical (unpaired) electrons. The van der Waals surface area contributed by atoms with Crippen LogP contribution in [0.1, 0.15) is 5.56 Å². The first-order valence-corrected chi connectivity index (χ1v) is 5.70. The maximum absolute atomic E-state index is 13.2. The molecule has 0 spiro atoms. The van der Waals surface area contributed by atoms with Gasteiger partial charge < -0.3 is 10.6 Å². The Bertz CT molecular complexity index is 554. The van der Waals surface area contributed by atoms with Crippen LogP contribution in [0.5, 0.6) is 0 Å². The molecule has 0 fully saturated rings. The van der Waals surface area contributed by atoms with Crippen molar-refractivity contribution in [1.29, 1.82) is 0 Å². The summed E-state index contributed by atoms with van der Waals surface area (Å²) < 4.78 is 13.2. The molecule has 18 heavy (non-hydrogen) atoms. The fraction of sp³-hybridized carbons (Fsp3) is 0.167. The molecule has 0 atom stereocenters. The van der Waals surface area contributed by atoms with Crippen molar-refractivity contribution in [2.45, 2.75) is 6.92 Å². The van der Waals surface area contributed by atoms with Crippen LogP contribution in [0.3, 0.4) is 0 Å². The molecular weight excluding hydrogens is 255 g/mol. The summed E-state index contributed by atoms with van der Waals surface area (Å²) in [4.78, 5) is 8.19. The van der Waals surface area contributed by atoms with E-state index in [-0.39, 0.29) is 0 Å². The van der Waals surface area contributed by atoms with Gasteiger partial charge in [0.05, 0.1) is 0 Å². The lowest BCUT2D eigenvalue weighted by Gasteiger charge is -2.11. The highest BCUT2D eigenvalue weighted by molar-refractivity contribution is 6.30. The molecule has 94 valence electrons. The molecule has 0 aliphatic rings. The molecule has 0 amide bonds. The Morgan fingerprint density at radius 1 is 1.17 bits per heavy atom. The van der Waals surface area contributed by atoms with Crippen molar-refractivity contribution in [2.75, 3.05) is 17.7 Å². The van der Waals surface area contributed by atoms with E-state index >= 15 is 0 Å². The van der Waals surface area contributed by atoms with E-state index in [2.05, 4.69) is 20.6 Å². The molecular formula is C12H12ClFN4. The third-order valence-corrected chi connectivity index (χ3v) is 2.66.